The van der Waals surface area contributed by atoms with Crippen molar-refractivity contribution in [1.82, 2.24) is 0 Å². The molecule has 2 aromatic carbocycles. The molecule has 0 spiro atoms. The van der Waals surface area contributed by atoms with Crippen LogP contribution in [0.25, 0.3) is 5.57 Å². The molecule has 0 unspecified atom stereocenters. The molecule has 2 nitrogen and oxygen atoms in total. The first kappa shape index (κ1) is 17.0. The van der Waals surface area contributed by atoms with Crippen molar-refractivity contribution < 1.29 is 4.79 Å². The van der Waals surface area contributed by atoms with Crippen molar-refractivity contribution in [3.8, 4) is 0 Å². The third-order valence-electron chi connectivity index (χ3n) is 5.96. The van der Waals surface area contributed by atoms with Gasteiger partial charge >= 0.3 is 0 Å². The zero-order valence-corrected chi connectivity index (χ0v) is 16.3. The van der Waals surface area contributed by atoms with Crippen LogP contribution in [0.4, 0.5) is 5.69 Å². The van der Waals surface area contributed by atoms with E-state index in [2.05, 4.69) is 61.7 Å². The lowest BCUT2D eigenvalue weighted by Crippen LogP contribution is -2.30. The average molecular weight is 365 g/mol. The quantitative estimate of drug-likeness (QED) is 0.709. The van der Waals surface area contributed by atoms with Crippen molar-refractivity contribution in [3.05, 3.63) is 106 Å². The number of rotatable bonds is 2. The largest absolute Gasteiger partial charge is 0.353 e. The third-order valence-corrected chi connectivity index (χ3v) is 5.96. The maximum atomic E-state index is 13.6. The van der Waals surface area contributed by atoms with Crippen LogP contribution in [0.3, 0.4) is 0 Å². The number of hydrogen-bond acceptors (Lipinski definition) is 2. The molecule has 3 aliphatic rings. The van der Waals surface area contributed by atoms with Gasteiger partial charge < -0.3 is 5.32 Å². The first-order chi connectivity index (χ1) is 13.5. The molecule has 0 aromatic heterocycles. The zero-order chi connectivity index (χ0) is 19.3. The number of anilines is 1. The summed E-state index contributed by atoms with van der Waals surface area (Å²) in [6, 6.07) is 14.3. The Hall–Kier alpha value is -3.13. The fourth-order valence-corrected chi connectivity index (χ4v) is 4.57. The summed E-state index contributed by atoms with van der Waals surface area (Å²) in [4.78, 5) is 13.6. The highest BCUT2D eigenvalue weighted by Crippen LogP contribution is 2.43. The number of nitrogens with one attached hydrogen (secondary N) is 1. The van der Waals surface area contributed by atoms with E-state index in [0.717, 1.165) is 29.7 Å². The Morgan fingerprint density at radius 1 is 1.00 bits per heavy atom. The van der Waals surface area contributed by atoms with Crippen LogP contribution in [0, 0.1) is 0 Å². The van der Waals surface area contributed by atoms with Gasteiger partial charge in [0, 0.05) is 16.7 Å². The second-order valence-corrected chi connectivity index (χ2v) is 8.26. The monoisotopic (exact) mass is 365 g/mol. The summed E-state index contributed by atoms with van der Waals surface area (Å²) in [5.74, 6) is 0.0961. The molecular weight excluding hydrogens is 342 g/mol. The molecule has 138 valence electrons. The number of hydrogen-bond donors (Lipinski definition) is 1. The standard InChI is InChI=1S/C26H23NO/c1-26(2)16-23(27-18-9-4-3-5-10-18)25(28)24-21-13-12-17-8-6-7-11-19(17)20(21)14-15-22(24)26/h3-7,9-12,14-16,27H,8,13H2,1-2H3. The van der Waals surface area contributed by atoms with Gasteiger partial charge in [-0.15, -0.1) is 0 Å². The maximum absolute atomic E-state index is 13.6. The summed E-state index contributed by atoms with van der Waals surface area (Å²) < 4.78 is 0. The van der Waals surface area contributed by atoms with Gasteiger partial charge in [-0.2, -0.15) is 0 Å². The molecule has 0 aliphatic heterocycles. The van der Waals surface area contributed by atoms with Crippen LogP contribution < -0.4 is 5.32 Å². The molecule has 0 atom stereocenters. The van der Waals surface area contributed by atoms with Crippen molar-refractivity contribution in [2.45, 2.75) is 32.1 Å². The number of carbonyl (C=O) groups excluding carboxylic acids is 1. The second-order valence-electron chi connectivity index (χ2n) is 8.26. The van der Waals surface area contributed by atoms with Crippen molar-refractivity contribution in [2.24, 2.45) is 0 Å². The van der Waals surface area contributed by atoms with Crippen LogP contribution in [-0.2, 0) is 11.8 Å². The SMILES string of the molecule is CC1(C)C=C(Nc2ccccc2)C(=O)c2c1ccc1c2CC=C2CC=CC=C21. The van der Waals surface area contributed by atoms with Crippen molar-refractivity contribution >= 4 is 17.0 Å². The highest BCUT2D eigenvalue weighted by Gasteiger charge is 2.36. The summed E-state index contributed by atoms with van der Waals surface area (Å²) in [7, 11) is 0. The fourth-order valence-electron chi connectivity index (χ4n) is 4.57. The minimum absolute atomic E-state index is 0.0961. The molecule has 3 aliphatic carbocycles. The van der Waals surface area contributed by atoms with Gasteiger partial charge in [0.1, 0.15) is 0 Å². The Morgan fingerprint density at radius 3 is 2.64 bits per heavy atom. The molecule has 0 amide bonds. The highest BCUT2D eigenvalue weighted by molar-refractivity contribution is 6.15. The van der Waals surface area contributed by atoms with Gasteiger partial charge in [-0.05, 0) is 58.9 Å². The summed E-state index contributed by atoms with van der Waals surface area (Å²) in [5.41, 5.74) is 8.43. The molecule has 0 bridgehead atoms. The molecule has 0 heterocycles. The smallest absolute Gasteiger partial charge is 0.209 e. The molecule has 5 rings (SSSR count). The van der Waals surface area contributed by atoms with Gasteiger partial charge in [0.2, 0.25) is 5.78 Å². The molecule has 2 heteroatoms. The predicted molar refractivity (Wildman–Crippen MR) is 115 cm³/mol. The van der Waals surface area contributed by atoms with Crippen LogP contribution in [0.1, 0.15) is 47.3 Å². The zero-order valence-electron chi connectivity index (χ0n) is 16.3. The first-order valence-electron chi connectivity index (χ1n) is 9.87. The van der Waals surface area contributed by atoms with Crippen LogP contribution in [0.15, 0.2) is 84.1 Å². The first-order valence-corrected chi connectivity index (χ1v) is 9.87. The summed E-state index contributed by atoms with van der Waals surface area (Å²) >= 11 is 0. The van der Waals surface area contributed by atoms with E-state index < -0.39 is 0 Å². The summed E-state index contributed by atoms with van der Waals surface area (Å²) in [6.07, 6.45) is 12.6. The van der Waals surface area contributed by atoms with E-state index in [1.165, 1.54) is 22.3 Å². The lowest BCUT2D eigenvalue weighted by Gasteiger charge is -2.34. The third kappa shape index (κ3) is 2.60. The number of Topliss-reactive ketones (excluding diaryl/α,β-unsaturated/α-hetero) is 1. The minimum atomic E-state index is -0.208. The van der Waals surface area contributed by atoms with Crippen LogP contribution in [-0.4, -0.2) is 5.78 Å². The Labute approximate surface area is 166 Å². The number of para-hydroxylation sites is 1. The van der Waals surface area contributed by atoms with Crippen molar-refractivity contribution in [2.75, 3.05) is 5.32 Å². The molecule has 28 heavy (non-hydrogen) atoms. The molecule has 0 fully saturated rings. The van der Waals surface area contributed by atoms with Crippen LogP contribution in [0.5, 0.6) is 0 Å². The number of ketones is 1. The Kier molecular flexibility index (Phi) is 3.77. The minimum Gasteiger partial charge on any atom is -0.353 e. The average Bonchev–Trinajstić information content (AvgIpc) is 2.71. The van der Waals surface area contributed by atoms with E-state index in [0.29, 0.717) is 5.70 Å². The number of benzene rings is 2. The maximum Gasteiger partial charge on any atom is 0.209 e. The summed E-state index contributed by atoms with van der Waals surface area (Å²) in [5, 5.41) is 3.36. The normalized spacial score (nSPS) is 18.9. The topological polar surface area (TPSA) is 29.1 Å². The second kappa shape index (κ2) is 6.20. The lowest BCUT2D eigenvalue weighted by atomic mass is 9.70. The summed E-state index contributed by atoms with van der Waals surface area (Å²) in [6.45, 7) is 4.37. The van der Waals surface area contributed by atoms with E-state index in [-0.39, 0.29) is 11.2 Å². The van der Waals surface area contributed by atoms with Crippen LogP contribution >= 0.6 is 0 Å². The van der Waals surface area contributed by atoms with E-state index in [1.807, 2.05) is 30.3 Å². The van der Waals surface area contributed by atoms with Gasteiger partial charge in [0.05, 0.1) is 5.70 Å². The highest BCUT2D eigenvalue weighted by atomic mass is 16.1. The van der Waals surface area contributed by atoms with Gasteiger partial charge in [-0.3, -0.25) is 4.79 Å². The lowest BCUT2D eigenvalue weighted by molar-refractivity contribution is 0.102. The van der Waals surface area contributed by atoms with Gasteiger partial charge in [-0.1, -0.05) is 68.5 Å². The predicted octanol–water partition coefficient (Wildman–Crippen LogP) is 5.98. The van der Waals surface area contributed by atoms with E-state index in [1.54, 1.807) is 0 Å². The van der Waals surface area contributed by atoms with Gasteiger partial charge in [0.25, 0.3) is 0 Å². The van der Waals surface area contributed by atoms with Gasteiger partial charge in [0.15, 0.2) is 0 Å². The Morgan fingerprint density at radius 2 is 1.82 bits per heavy atom. The molecule has 1 N–H and O–H groups in total. The molecule has 0 saturated heterocycles. The number of carbonyl (C=O) groups is 1. The molecule has 0 saturated carbocycles. The van der Waals surface area contributed by atoms with E-state index in [9.17, 15) is 4.79 Å². The molecule has 2 aromatic rings. The Balaban J connectivity index is 1.64. The number of allylic oxidation sites excluding steroid dienone is 8. The Bertz CT molecular complexity index is 1110. The van der Waals surface area contributed by atoms with E-state index in [4.69, 9.17) is 0 Å². The fraction of sp³-hybridized carbons (Fsp3) is 0.192. The molecular formula is C26H23NO. The molecule has 0 radical (unpaired) electrons. The van der Waals surface area contributed by atoms with E-state index >= 15 is 0 Å². The van der Waals surface area contributed by atoms with Gasteiger partial charge in [-0.25, -0.2) is 0 Å². The van der Waals surface area contributed by atoms with Crippen LogP contribution in [0.2, 0.25) is 0 Å². The number of fused-ring (bicyclic) bond motifs is 5. The van der Waals surface area contributed by atoms with Crippen molar-refractivity contribution in [3.63, 3.8) is 0 Å². The van der Waals surface area contributed by atoms with Crippen molar-refractivity contribution in [1.29, 1.82) is 0 Å².